The van der Waals surface area contributed by atoms with E-state index in [2.05, 4.69) is 4.90 Å². The van der Waals surface area contributed by atoms with Gasteiger partial charge in [-0.15, -0.1) is 0 Å². The van der Waals surface area contributed by atoms with E-state index < -0.39 is 0 Å². The Morgan fingerprint density at radius 3 is 2.39 bits per heavy atom. The van der Waals surface area contributed by atoms with Crippen LogP contribution < -0.4 is 0 Å². The maximum Gasteiger partial charge on any atom is 0.337 e. The van der Waals surface area contributed by atoms with Gasteiger partial charge < -0.3 is 9.64 Å². The molecule has 0 unspecified atom stereocenters. The first-order valence-electron chi connectivity index (χ1n) is 9.38. The van der Waals surface area contributed by atoms with Gasteiger partial charge in [0.1, 0.15) is 5.82 Å². The molecule has 0 aromatic heterocycles. The van der Waals surface area contributed by atoms with Crippen molar-refractivity contribution in [1.82, 2.24) is 9.80 Å². The number of amides is 1. The number of hydrogen-bond acceptors (Lipinski definition) is 4. The molecule has 1 saturated heterocycles. The first kappa shape index (κ1) is 20.0. The number of carbonyl (C=O) groups excluding carboxylic acids is 2. The largest absolute Gasteiger partial charge is 0.465 e. The summed E-state index contributed by atoms with van der Waals surface area (Å²) in [6.45, 7) is 1.97. The minimum absolute atomic E-state index is 0.0802. The molecule has 1 aliphatic heterocycles. The number of rotatable bonds is 6. The molecule has 2 aromatic rings. The summed E-state index contributed by atoms with van der Waals surface area (Å²) < 4.78 is 17.8. The summed E-state index contributed by atoms with van der Waals surface area (Å²) in [4.78, 5) is 28.4. The van der Waals surface area contributed by atoms with Gasteiger partial charge in [0.25, 0.3) is 0 Å². The van der Waals surface area contributed by atoms with Gasteiger partial charge in [0.15, 0.2) is 0 Å². The van der Waals surface area contributed by atoms with E-state index in [0.29, 0.717) is 18.7 Å². The predicted molar refractivity (Wildman–Crippen MR) is 104 cm³/mol. The predicted octanol–water partition coefficient (Wildman–Crippen LogP) is 3.24. The van der Waals surface area contributed by atoms with E-state index in [0.717, 1.165) is 30.5 Å². The second-order valence-corrected chi connectivity index (χ2v) is 7.14. The summed E-state index contributed by atoms with van der Waals surface area (Å²) in [5.41, 5.74) is 2.44. The standard InChI is InChI=1S/C22H25FN2O3/c1-24(14-16-5-9-18(10-6-16)22(27)28-2)21(26)20-4-3-13-25(20)15-17-7-11-19(23)12-8-17/h5-12,20H,3-4,13-15H2,1-2H3/t20-/m0/s1. The van der Waals surface area contributed by atoms with Crippen LogP contribution in [-0.2, 0) is 22.6 Å². The van der Waals surface area contributed by atoms with Gasteiger partial charge >= 0.3 is 5.97 Å². The van der Waals surface area contributed by atoms with Crippen LogP contribution in [0.4, 0.5) is 4.39 Å². The Hall–Kier alpha value is -2.73. The molecule has 0 bridgehead atoms. The number of hydrogen-bond donors (Lipinski definition) is 0. The molecular formula is C22H25FN2O3. The molecule has 3 rings (SSSR count). The van der Waals surface area contributed by atoms with Gasteiger partial charge in [0.2, 0.25) is 5.91 Å². The smallest absolute Gasteiger partial charge is 0.337 e. The zero-order chi connectivity index (χ0) is 20.1. The summed E-state index contributed by atoms with van der Waals surface area (Å²) in [5.74, 6) is -0.550. The van der Waals surface area contributed by atoms with Crippen LogP contribution in [0.3, 0.4) is 0 Å². The maximum atomic E-state index is 13.1. The number of benzene rings is 2. The number of ether oxygens (including phenoxy) is 1. The lowest BCUT2D eigenvalue weighted by atomic mass is 10.1. The van der Waals surface area contributed by atoms with Crippen LogP contribution >= 0.6 is 0 Å². The molecule has 6 heteroatoms. The Morgan fingerprint density at radius 1 is 1.11 bits per heavy atom. The maximum absolute atomic E-state index is 13.1. The van der Waals surface area contributed by atoms with E-state index >= 15 is 0 Å². The average molecular weight is 384 g/mol. The molecule has 1 aliphatic rings. The SMILES string of the molecule is COC(=O)c1ccc(CN(C)C(=O)[C@@H]2CCCN2Cc2ccc(F)cc2)cc1. The summed E-state index contributed by atoms with van der Waals surface area (Å²) in [7, 11) is 3.15. The van der Waals surface area contributed by atoms with Crippen molar-refractivity contribution in [3.8, 4) is 0 Å². The zero-order valence-electron chi connectivity index (χ0n) is 16.2. The van der Waals surface area contributed by atoms with Crippen LogP contribution in [0, 0.1) is 5.82 Å². The summed E-state index contributed by atoms with van der Waals surface area (Å²) >= 11 is 0. The highest BCUT2D eigenvalue weighted by atomic mass is 19.1. The van der Waals surface area contributed by atoms with Gasteiger partial charge in [-0.25, -0.2) is 9.18 Å². The van der Waals surface area contributed by atoms with Crippen LogP contribution in [-0.4, -0.2) is 48.4 Å². The van der Waals surface area contributed by atoms with E-state index in [9.17, 15) is 14.0 Å². The second-order valence-electron chi connectivity index (χ2n) is 7.14. The van der Waals surface area contributed by atoms with Crippen LogP contribution in [0.5, 0.6) is 0 Å². The molecular weight excluding hydrogens is 359 g/mol. The summed E-state index contributed by atoms with van der Waals surface area (Å²) in [6.07, 6.45) is 1.80. The van der Waals surface area contributed by atoms with Gasteiger partial charge in [-0.05, 0) is 54.8 Å². The molecule has 0 N–H and O–H groups in total. The molecule has 0 saturated carbocycles. The first-order valence-corrected chi connectivity index (χ1v) is 9.38. The topological polar surface area (TPSA) is 49.9 Å². The fraction of sp³-hybridized carbons (Fsp3) is 0.364. The molecule has 0 radical (unpaired) electrons. The number of halogens is 1. The Labute approximate surface area is 164 Å². The number of esters is 1. The fourth-order valence-corrected chi connectivity index (χ4v) is 3.59. The molecule has 28 heavy (non-hydrogen) atoms. The Kier molecular flexibility index (Phi) is 6.41. The number of methoxy groups -OCH3 is 1. The van der Waals surface area contributed by atoms with Crippen molar-refractivity contribution >= 4 is 11.9 Å². The van der Waals surface area contributed by atoms with E-state index in [1.54, 1.807) is 36.2 Å². The van der Waals surface area contributed by atoms with Gasteiger partial charge in [0, 0.05) is 20.1 Å². The van der Waals surface area contributed by atoms with Crippen molar-refractivity contribution in [2.45, 2.75) is 32.0 Å². The van der Waals surface area contributed by atoms with E-state index in [4.69, 9.17) is 4.74 Å². The molecule has 0 spiro atoms. The minimum Gasteiger partial charge on any atom is -0.465 e. The van der Waals surface area contributed by atoms with E-state index in [1.807, 2.05) is 12.1 Å². The number of likely N-dealkylation sites (tertiary alicyclic amines) is 1. The molecule has 1 atom stereocenters. The van der Waals surface area contributed by atoms with Crippen molar-refractivity contribution in [3.63, 3.8) is 0 Å². The zero-order valence-corrected chi connectivity index (χ0v) is 16.2. The van der Waals surface area contributed by atoms with Gasteiger partial charge in [-0.2, -0.15) is 0 Å². The van der Waals surface area contributed by atoms with Crippen molar-refractivity contribution in [3.05, 3.63) is 71.0 Å². The lowest BCUT2D eigenvalue weighted by Crippen LogP contribution is -2.43. The lowest BCUT2D eigenvalue weighted by Gasteiger charge is -2.28. The summed E-state index contributed by atoms with van der Waals surface area (Å²) in [5, 5.41) is 0. The van der Waals surface area contributed by atoms with Crippen LogP contribution in [0.2, 0.25) is 0 Å². The molecule has 0 aliphatic carbocycles. The molecule has 5 nitrogen and oxygen atoms in total. The van der Waals surface area contributed by atoms with Gasteiger partial charge in [0.05, 0.1) is 18.7 Å². The van der Waals surface area contributed by atoms with Crippen molar-refractivity contribution in [2.24, 2.45) is 0 Å². The minimum atomic E-state index is -0.377. The number of nitrogens with zero attached hydrogens (tertiary/aromatic N) is 2. The fourth-order valence-electron chi connectivity index (χ4n) is 3.59. The quantitative estimate of drug-likeness (QED) is 0.718. The monoisotopic (exact) mass is 384 g/mol. The highest BCUT2D eigenvalue weighted by Crippen LogP contribution is 2.22. The first-order chi connectivity index (χ1) is 13.5. The van der Waals surface area contributed by atoms with Crippen LogP contribution in [0.25, 0.3) is 0 Å². The number of carbonyl (C=O) groups is 2. The van der Waals surface area contributed by atoms with E-state index in [-0.39, 0.29) is 23.7 Å². The highest BCUT2D eigenvalue weighted by Gasteiger charge is 2.32. The van der Waals surface area contributed by atoms with Crippen LogP contribution in [0.1, 0.15) is 34.3 Å². The van der Waals surface area contributed by atoms with Crippen molar-refractivity contribution in [2.75, 3.05) is 20.7 Å². The Morgan fingerprint density at radius 2 is 1.75 bits per heavy atom. The third kappa shape index (κ3) is 4.75. The van der Waals surface area contributed by atoms with Crippen molar-refractivity contribution < 1.29 is 18.7 Å². The third-order valence-electron chi connectivity index (χ3n) is 5.12. The third-order valence-corrected chi connectivity index (χ3v) is 5.12. The summed E-state index contributed by atoms with van der Waals surface area (Å²) in [6, 6.07) is 13.3. The number of likely N-dealkylation sites (N-methyl/N-ethyl adjacent to an activating group) is 1. The molecule has 148 valence electrons. The molecule has 2 aromatic carbocycles. The van der Waals surface area contributed by atoms with E-state index in [1.165, 1.54) is 19.2 Å². The van der Waals surface area contributed by atoms with Crippen molar-refractivity contribution in [1.29, 1.82) is 0 Å². The lowest BCUT2D eigenvalue weighted by molar-refractivity contribution is -0.135. The van der Waals surface area contributed by atoms with Gasteiger partial charge in [-0.1, -0.05) is 24.3 Å². The van der Waals surface area contributed by atoms with Crippen LogP contribution in [0.15, 0.2) is 48.5 Å². The average Bonchev–Trinajstić information content (AvgIpc) is 3.17. The highest BCUT2D eigenvalue weighted by molar-refractivity contribution is 5.89. The second kappa shape index (κ2) is 8.97. The van der Waals surface area contributed by atoms with Gasteiger partial charge in [-0.3, -0.25) is 9.69 Å². The Balaban J connectivity index is 1.61. The molecule has 1 heterocycles. The molecule has 1 fully saturated rings. The Bertz CT molecular complexity index is 821. The normalized spacial score (nSPS) is 16.8. The molecule has 1 amide bonds.